The Balaban J connectivity index is 1.81. The second kappa shape index (κ2) is 4.42. The molecule has 18 heavy (non-hydrogen) atoms. The Morgan fingerprint density at radius 1 is 1.28 bits per heavy atom. The second-order valence-electron chi connectivity index (χ2n) is 6.10. The molecule has 0 bridgehead atoms. The minimum atomic E-state index is -0.628. The van der Waals surface area contributed by atoms with Gasteiger partial charge in [-0.15, -0.1) is 0 Å². The molecule has 2 saturated carbocycles. The van der Waals surface area contributed by atoms with Crippen LogP contribution >= 0.6 is 0 Å². The van der Waals surface area contributed by atoms with E-state index in [-0.39, 0.29) is 5.41 Å². The summed E-state index contributed by atoms with van der Waals surface area (Å²) in [5.41, 5.74) is 1.35. The summed E-state index contributed by atoms with van der Waals surface area (Å²) in [6, 6.07) is 10.4. The molecule has 0 radical (unpaired) electrons. The van der Waals surface area contributed by atoms with Crippen LogP contribution in [0.5, 0.6) is 0 Å². The van der Waals surface area contributed by atoms with Gasteiger partial charge in [-0.2, -0.15) is 0 Å². The van der Waals surface area contributed by atoms with E-state index in [0.29, 0.717) is 12.3 Å². The van der Waals surface area contributed by atoms with Crippen molar-refractivity contribution in [2.24, 2.45) is 17.3 Å². The highest BCUT2D eigenvalue weighted by molar-refractivity contribution is 5.68. The lowest BCUT2D eigenvalue weighted by atomic mass is 9.51. The number of carbonyl (C=O) groups is 1. The first-order valence-corrected chi connectivity index (χ1v) is 6.95. The maximum atomic E-state index is 11.2. The molecular formula is C16H20O2. The molecule has 3 rings (SSSR count). The van der Waals surface area contributed by atoms with Crippen LogP contribution in [0.3, 0.4) is 0 Å². The molecule has 1 aromatic rings. The smallest absolute Gasteiger partial charge is 0.303 e. The van der Waals surface area contributed by atoms with Gasteiger partial charge < -0.3 is 5.11 Å². The Morgan fingerprint density at radius 3 is 2.72 bits per heavy atom. The zero-order valence-electron chi connectivity index (χ0n) is 10.6. The van der Waals surface area contributed by atoms with Gasteiger partial charge in [0.15, 0.2) is 0 Å². The van der Waals surface area contributed by atoms with E-state index in [0.717, 1.165) is 18.8 Å². The third kappa shape index (κ3) is 1.94. The Kier molecular flexibility index (Phi) is 2.89. The van der Waals surface area contributed by atoms with Gasteiger partial charge in [-0.05, 0) is 42.1 Å². The standard InChI is InChI=1S/C16H20O2/c17-15(18)11-16(9-12-5-2-1-3-6-12)10-13-7-4-8-14(13)16/h1-3,5-6,13-14H,4,7-11H2,(H,17,18)/t13-,14-,16+/m0/s1. The van der Waals surface area contributed by atoms with Crippen LogP contribution in [0.1, 0.15) is 37.7 Å². The van der Waals surface area contributed by atoms with Crippen molar-refractivity contribution in [3.63, 3.8) is 0 Å². The van der Waals surface area contributed by atoms with E-state index in [1.165, 1.54) is 24.8 Å². The van der Waals surface area contributed by atoms with Gasteiger partial charge in [0.05, 0.1) is 6.42 Å². The molecule has 0 aliphatic heterocycles. The molecule has 2 aliphatic rings. The maximum Gasteiger partial charge on any atom is 0.303 e. The van der Waals surface area contributed by atoms with Crippen molar-refractivity contribution in [1.82, 2.24) is 0 Å². The van der Waals surface area contributed by atoms with Crippen molar-refractivity contribution >= 4 is 5.97 Å². The SMILES string of the molecule is O=C(O)C[C@@]1(Cc2ccccc2)C[C@@H]2CCC[C@@H]21. The molecule has 0 unspecified atom stereocenters. The lowest BCUT2D eigenvalue weighted by molar-refractivity contribution is -0.146. The summed E-state index contributed by atoms with van der Waals surface area (Å²) in [6.07, 6.45) is 6.28. The fraction of sp³-hybridized carbons (Fsp3) is 0.562. The van der Waals surface area contributed by atoms with Crippen LogP contribution in [-0.2, 0) is 11.2 Å². The largest absolute Gasteiger partial charge is 0.481 e. The van der Waals surface area contributed by atoms with Gasteiger partial charge in [0.25, 0.3) is 0 Å². The van der Waals surface area contributed by atoms with E-state index in [4.69, 9.17) is 0 Å². The van der Waals surface area contributed by atoms with E-state index in [1.807, 2.05) is 6.07 Å². The summed E-state index contributed by atoms with van der Waals surface area (Å²) in [6.45, 7) is 0. The van der Waals surface area contributed by atoms with Crippen LogP contribution in [0, 0.1) is 17.3 Å². The van der Waals surface area contributed by atoms with Gasteiger partial charge in [-0.25, -0.2) is 0 Å². The van der Waals surface area contributed by atoms with E-state index in [9.17, 15) is 9.90 Å². The lowest BCUT2D eigenvalue weighted by Gasteiger charge is -2.52. The van der Waals surface area contributed by atoms with Crippen molar-refractivity contribution in [2.75, 3.05) is 0 Å². The van der Waals surface area contributed by atoms with E-state index in [2.05, 4.69) is 24.3 Å². The van der Waals surface area contributed by atoms with Crippen molar-refractivity contribution < 1.29 is 9.90 Å². The summed E-state index contributed by atoms with van der Waals surface area (Å²) in [7, 11) is 0. The van der Waals surface area contributed by atoms with Crippen molar-refractivity contribution in [2.45, 2.75) is 38.5 Å². The number of aliphatic carboxylic acids is 1. The van der Waals surface area contributed by atoms with E-state index in [1.54, 1.807) is 0 Å². The molecule has 2 heteroatoms. The predicted molar refractivity (Wildman–Crippen MR) is 70.3 cm³/mol. The number of hydrogen-bond acceptors (Lipinski definition) is 1. The van der Waals surface area contributed by atoms with Crippen LogP contribution in [0.25, 0.3) is 0 Å². The number of benzene rings is 1. The Morgan fingerprint density at radius 2 is 2.06 bits per heavy atom. The molecule has 2 aliphatic carbocycles. The van der Waals surface area contributed by atoms with Gasteiger partial charge in [0, 0.05) is 0 Å². The van der Waals surface area contributed by atoms with Gasteiger partial charge in [-0.1, -0.05) is 43.2 Å². The number of carboxylic acid groups (broad SMARTS) is 1. The highest BCUT2D eigenvalue weighted by Gasteiger charge is 2.55. The van der Waals surface area contributed by atoms with Gasteiger partial charge in [0.2, 0.25) is 0 Å². The van der Waals surface area contributed by atoms with Crippen LogP contribution in [0.15, 0.2) is 30.3 Å². The Bertz CT molecular complexity index is 440. The second-order valence-corrected chi connectivity index (χ2v) is 6.10. The van der Waals surface area contributed by atoms with Crippen LogP contribution in [0.2, 0.25) is 0 Å². The van der Waals surface area contributed by atoms with Crippen LogP contribution in [0.4, 0.5) is 0 Å². The molecular weight excluding hydrogens is 224 g/mol. The number of hydrogen-bond donors (Lipinski definition) is 1. The molecule has 96 valence electrons. The van der Waals surface area contributed by atoms with Crippen LogP contribution in [-0.4, -0.2) is 11.1 Å². The Labute approximate surface area is 108 Å². The van der Waals surface area contributed by atoms with Crippen molar-refractivity contribution in [3.05, 3.63) is 35.9 Å². The average molecular weight is 244 g/mol. The summed E-state index contributed by atoms with van der Waals surface area (Å²) < 4.78 is 0. The van der Waals surface area contributed by atoms with Gasteiger partial charge in [0.1, 0.15) is 0 Å². The zero-order chi connectivity index (χ0) is 12.6. The minimum Gasteiger partial charge on any atom is -0.481 e. The summed E-state index contributed by atoms with van der Waals surface area (Å²) in [5, 5.41) is 9.21. The monoisotopic (exact) mass is 244 g/mol. The zero-order valence-corrected chi connectivity index (χ0v) is 10.6. The highest BCUT2D eigenvalue weighted by atomic mass is 16.4. The molecule has 2 nitrogen and oxygen atoms in total. The fourth-order valence-electron chi connectivity index (χ4n) is 4.37. The quantitative estimate of drug-likeness (QED) is 0.880. The lowest BCUT2D eigenvalue weighted by Crippen LogP contribution is -2.48. The third-order valence-corrected chi connectivity index (χ3v) is 5.02. The normalized spacial score (nSPS) is 33.8. The first-order chi connectivity index (χ1) is 8.70. The maximum absolute atomic E-state index is 11.2. The van der Waals surface area contributed by atoms with Gasteiger partial charge in [-0.3, -0.25) is 4.79 Å². The number of rotatable bonds is 4. The number of fused-ring (bicyclic) bond motifs is 1. The van der Waals surface area contributed by atoms with Crippen LogP contribution < -0.4 is 0 Å². The summed E-state index contributed by atoms with van der Waals surface area (Å²) in [4.78, 5) is 11.2. The molecule has 3 atom stereocenters. The molecule has 2 fully saturated rings. The molecule has 0 aromatic heterocycles. The molecule has 0 heterocycles. The van der Waals surface area contributed by atoms with Crippen molar-refractivity contribution in [3.8, 4) is 0 Å². The fourth-order valence-corrected chi connectivity index (χ4v) is 4.37. The average Bonchev–Trinajstić information content (AvgIpc) is 2.72. The molecule has 0 spiro atoms. The highest BCUT2D eigenvalue weighted by Crippen LogP contribution is 2.62. The topological polar surface area (TPSA) is 37.3 Å². The summed E-state index contributed by atoms with van der Waals surface area (Å²) in [5.74, 6) is 0.846. The summed E-state index contributed by atoms with van der Waals surface area (Å²) >= 11 is 0. The Hall–Kier alpha value is -1.31. The molecule has 1 N–H and O–H groups in total. The molecule has 0 saturated heterocycles. The van der Waals surface area contributed by atoms with Crippen molar-refractivity contribution in [1.29, 1.82) is 0 Å². The predicted octanol–water partition coefficient (Wildman–Crippen LogP) is 3.51. The van der Waals surface area contributed by atoms with Gasteiger partial charge >= 0.3 is 5.97 Å². The molecule has 1 aromatic carbocycles. The van der Waals surface area contributed by atoms with E-state index < -0.39 is 5.97 Å². The minimum absolute atomic E-state index is 0.0500. The first-order valence-electron chi connectivity index (χ1n) is 6.95. The third-order valence-electron chi connectivity index (χ3n) is 5.02. The molecule has 0 amide bonds. The number of carboxylic acids is 1. The first kappa shape index (κ1) is 11.8. The van der Waals surface area contributed by atoms with E-state index >= 15 is 0 Å².